The van der Waals surface area contributed by atoms with Gasteiger partial charge in [-0.05, 0) is 32.4 Å². The van der Waals surface area contributed by atoms with Gasteiger partial charge in [0.1, 0.15) is 12.1 Å². The number of amides is 2. The largest absolute Gasteiger partial charge is 0.343 e. The van der Waals surface area contributed by atoms with E-state index in [1.807, 2.05) is 32.0 Å². The second-order valence-electron chi connectivity index (χ2n) is 5.26. The van der Waals surface area contributed by atoms with Gasteiger partial charge in [0.15, 0.2) is 0 Å². The average molecular weight is 275 g/mol. The third-order valence-electron chi connectivity index (χ3n) is 3.60. The average Bonchev–Trinajstić information content (AvgIpc) is 2.41. The lowest BCUT2D eigenvalue weighted by molar-refractivity contribution is -0.149. The highest BCUT2D eigenvalue weighted by Gasteiger charge is 2.37. The molecule has 1 fully saturated rings. The highest BCUT2D eigenvalue weighted by molar-refractivity contribution is 5.96. The van der Waals surface area contributed by atoms with Crippen molar-refractivity contribution in [1.29, 1.82) is 0 Å². The topological polar surface area (TPSA) is 62.3 Å². The Morgan fingerprint density at radius 3 is 2.75 bits per heavy atom. The zero-order valence-electron chi connectivity index (χ0n) is 12.2. The zero-order valence-corrected chi connectivity index (χ0v) is 12.2. The highest BCUT2D eigenvalue weighted by Crippen LogP contribution is 2.16. The molecule has 2 rings (SSSR count). The minimum absolute atomic E-state index is 0.0118. The van der Waals surface area contributed by atoms with Gasteiger partial charge in [0.05, 0.1) is 12.2 Å². The summed E-state index contributed by atoms with van der Waals surface area (Å²) < 4.78 is 0. The molecule has 1 aliphatic heterocycles. The number of carbonyl (C=O) groups excluding carboxylic acids is 2. The van der Waals surface area contributed by atoms with Crippen molar-refractivity contribution >= 4 is 11.8 Å². The molecule has 0 aromatic carbocycles. The van der Waals surface area contributed by atoms with Crippen LogP contribution in [0.15, 0.2) is 18.2 Å². The van der Waals surface area contributed by atoms with E-state index in [0.717, 1.165) is 17.8 Å². The number of piperazine rings is 1. The Labute approximate surface area is 119 Å². The van der Waals surface area contributed by atoms with Crippen molar-refractivity contribution in [3.8, 4) is 0 Å². The van der Waals surface area contributed by atoms with E-state index < -0.39 is 12.1 Å². The van der Waals surface area contributed by atoms with E-state index >= 15 is 0 Å². The number of rotatable bonds is 4. The van der Waals surface area contributed by atoms with Gasteiger partial charge in [0, 0.05) is 5.69 Å². The van der Waals surface area contributed by atoms with Crippen LogP contribution >= 0.6 is 0 Å². The minimum Gasteiger partial charge on any atom is -0.343 e. The molecule has 2 heterocycles. The lowest BCUT2D eigenvalue weighted by atomic mass is 10.0. The maximum atomic E-state index is 12.4. The molecule has 20 heavy (non-hydrogen) atoms. The van der Waals surface area contributed by atoms with Gasteiger partial charge >= 0.3 is 0 Å². The number of aromatic nitrogens is 1. The van der Waals surface area contributed by atoms with Crippen LogP contribution < -0.4 is 5.32 Å². The van der Waals surface area contributed by atoms with E-state index in [1.54, 1.807) is 11.8 Å². The fourth-order valence-corrected chi connectivity index (χ4v) is 2.45. The van der Waals surface area contributed by atoms with Crippen molar-refractivity contribution in [1.82, 2.24) is 15.2 Å². The van der Waals surface area contributed by atoms with Crippen molar-refractivity contribution in [3.05, 3.63) is 29.6 Å². The van der Waals surface area contributed by atoms with Crippen LogP contribution in [0.5, 0.6) is 0 Å². The molecule has 0 spiro atoms. The first-order chi connectivity index (χ1) is 9.52. The lowest BCUT2D eigenvalue weighted by Gasteiger charge is -2.37. The summed E-state index contributed by atoms with van der Waals surface area (Å²) in [7, 11) is 0. The Morgan fingerprint density at radius 1 is 1.35 bits per heavy atom. The molecule has 0 bridgehead atoms. The summed E-state index contributed by atoms with van der Waals surface area (Å²) in [4.78, 5) is 30.4. The van der Waals surface area contributed by atoms with E-state index in [9.17, 15) is 9.59 Å². The Bertz CT molecular complexity index is 516. The number of pyridine rings is 1. The molecule has 108 valence electrons. The molecule has 5 nitrogen and oxygen atoms in total. The number of nitrogens with one attached hydrogen (secondary N) is 1. The summed E-state index contributed by atoms with van der Waals surface area (Å²) in [6, 6.07) is 4.87. The van der Waals surface area contributed by atoms with Crippen LogP contribution in [0, 0.1) is 6.92 Å². The number of aryl methyl sites for hydroxylation is 1. The van der Waals surface area contributed by atoms with Gasteiger partial charge in [0.25, 0.3) is 0 Å². The van der Waals surface area contributed by atoms with Gasteiger partial charge in [-0.15, -0.1) is 0 Å². The predicted octanol–water partition coefficient (Wildman–Crippen LogP) is 1.41. The number of nitrogens with zero attached hydrogens (tertiary/aromatic N) is 2. The van der Waals surface area contributed by atoms with Crippen LogP contribution in [0.2, 0.25) is 0 Å². The standard InChI is InChI=1S/C15H21N3O2/c1-4-6-13-15(20)18(11(3)14(19)17-13)9-12-8-5-7-10(2)16-12/h5,7-8,11,13H,4,6,9H2,1-3H3,(H,17,19). The number of hydrogen-bond acceptors (Lipinski definition) is 3. The molecule has 2 unspecified atom stereocenters. The van der Waals surface area contributed by atoms with Gasteiger partial charge in [-0.1, -0.05) is 19.4 Å². The molecule has 1 aliphatic rings. The summed E-state index contributed by atoms with van der Waals surface area (Å²) in [5.74, 6) is -0.0991. The van der Waals surface area contributed by atoms with Gasteiger partial charge in [0.2, 0.25) is 11.8 Å². The minimum atomic E-state index is -0.446. The zero-order chi connectivity index (χ0) is 14.7. The van der Waals surface area contributed by atoms with Crippen molar-refractivity contribution in [2.24, 2.45) is 0 Å². The van der Waals surface area contributed by atoms with Gasteiger partial charge in [-0.2, -0.15) is 0 Å². The van der Waals surface area contributed by atoms with Crippen LogP contribution in [0.4, 0.5) is 0 Å². The Hall–Kier alpha value is -1.91. The Morgan fingerprint density at radius 2 is 2.10 bits per heavy atom. The molecule has 0 radical (unpaired) electrons. The van der Waals surface area contributed by atoms with Crippen LogP contribution in [-0.4, -0.2) is 33.8 Å². The van der Waals surface area contributed by atoms with E-state index in [0.29, 0.717) is 13.0 Å². The molecule has 5 heteroatoms. The molecule has 2 atom stereocenters. The molecule has 0 saturated carbocycles. The molecule has 2 amide bonds. The number of carbonyl (C=O) groups is 2. The van der Waals surface area contributed by atoms with Crippen LogP contribution in [0.3, 0.4) is 0 Å². The van der Waals surface area contributed by atoms with Gasteiger partial charge in [-0.25, -0.2) is 0 Å². The fraction of sp³-hybridized carbons (Fsp3) is 0.533. The van der Waals surface area contributed by atoms with Crippen molar-refractivity contribution in [2.75, 3.05) is 0 Å². The molecule has 1 aromatic rings. The van der Waals surface area contributed by atoms with Gasteiger partial charge in [-0.3, -0.25) is 14.6 Å². The van der Waals surface area contributed by atoms with Crippen molar-refractivity contribution in [3.63, 3.8) is 0 Å². The van der Waals surface area contributed by atoms with Crippen molar-refractivity contribution in [2.45, 2.75) is 52.2 Å². The first-order valence-electron chi connectivity index (χ1n) is 7.06. The quantitative estimate of drug-likeness (QED) is 0.903. The normalized spacial score (nSPS) is 22.9. The first-order valence-corrected chi connectivity index (χ1v) is 7.06. The smallest absolute Gasteiger partial charge is 0.246 e. The third kappa shape index (κ3) is 2.98. The fourth-order valence-electron chi connectivity index (χ4n) is 2.45. The molecular formula is C15H21N3O2. The van der Waals surface area contributed by atoms with Crippen molar-refractivity contribution < 1.29 is 9.59 Å². The molecule has 1 saturated heterocycles. The second-order valence-corrected chi connectivity index (χ2v) is 5.26. The van der Waals surface area contributed by atoms with Crippen LogP contribution in [0.1, 0.15) is 38.1 Å². The molecule has 0 aliphatic carbocycles. The van der Waals surface area contributed by atoms with E-state index in [2.05, 4.69) is 10.3 Å². The number of hydrogen-bond donors (Lipinski definition) is 1. The first kappa shape index (κ1) is 14.5. The summed E-state index contributed by atoms with van der Waals surface area (Å²) in [6.07, 6.45) is 1.54. The summed E-state index contributed by atoms with van der Waals surface area (Å²) in [5.41, 5.74) is 1.73. The van der Waals surface area contributed by atoms with E-state index in [1.165, 1.54) is 0 Å². The maximum absolute atomic E-state index is 12.4. The van der Waals surface area contributed by atoms with Gasteiger partial charge < -0.3 is 10.2 Å². The Balaban J connectivity index is 2.18. The molecule has 1 N–H and O–H groups in total. The molecular weight excluding hydrogens is 254 g/mol. The monoisotopic (exact) mass is 275 g/mol. The van der Waals surface area contributed by atoms with Crippen LogP contribution in [0.25, 0.3) is 0 Å². The molecule has 1 aromatic heterocycles. The summed E-state index contributed by atoms with van der Waals surface area (Å²) in [6.45, 7) is 6.06. The highest BCUT2D eigenvalue weighted by atomic mass is 16.2. The SMILES string of the molecule is CCCC1NC(=O)C(C)N(Cc2cccc(C)n2)C1=O. The van der Waals surface area contributed by atoms with Crippen LogP contribution in [-0.2, 0) is 16.1 Å². The summed E-state index contributed by atoms with van der Waals surface area (Å²) in [5, 5.41) is 2.79. The predicted molar refractivity (Wildman–Crippen MR) is 75.8 cm³/mol. The third-order valence-corrected chi connectivity index (χ3v) is 3.60. The van der Waals surface area contributed by atoms with E-state index in [4.69, 9.17) is 0 Å². The maximum Gasteiger partial charge on any atom is 0.246 e. The summed E-state index contributed by atoms with van der Waals surface area (Å²) >= 11 is 0. The Kier molecular flexibility index (Phi) is 4.37. The second kappa shape index (κ2) is 6.03. The van der Waals surface area contributed by atoms with E-state index in [-0.39, 0.29) is 11.8 Å². The lowest BCUT2D eigenvalue weighted by Crippen LogP contribution is -2.61.